The summed E-state index contributed by atoms with van der Waals surface area (Å²) in [7, 11) is 1.87. The molecule has 3 rings (SSSR count). The highest BCUT2D eigenvalue weighted by Gasteiger charge is 2.26. The van der Waals surface area contributed by atoms with Crippen molar-refractivity contribution in [3.05, 3.63) is 39.3 Å². The molecule has 1 aliphatic heterocycles. The minimum absolute atomic E-state index is 0.00508. The van der Waals surface area contributed by atoms with E-state index in [9.17, 15) is 4.79 Å². The topological polar surface area (TPSA) is 50.2 Å². The van der Waals surface area contributed by atoms with E-state index in [4.69, 9.17) is 0 Å². The Morgan fingerprint density at radius 3 is 2.95 bits per heavy atom. The first kappa shape index (κ1) is 15.2. The summed E-state index contributed by atoms with van der Waals surface area (Å²) in [4.78, 5) is 14.9. The van der Waals surface area contributed by atoms with E-state index in [0.29, 0.717) is 0 Å². The average Bonchev–Trinajstić information content (AvgIpc) is 3.15. The summed E-state index contributed by atoms with van der Waals surface area (Å²) in [5.74, 6) is 0.00508. The number of carbonyl (C=O) groups is 1. The van der Waals surface area contributed by atoms with E-state index in [1.54, 1.807) is 16.0 Å². The molecular formula is C16H22N4OS. The largest absolute Gasteiger partial charge is 0.348 e. The number of nitrogens with one attached hydrogen (secondary N) is 1. The van der Waals surface area contributed by atoms with Gasteiger partial charge in [0, 0.05) is 38.4 Å². The van der Waals surface area contributed by atoms with Crippen molar-refractivity contribution < 1.29 is 4.79 Å². The lowest BCUT2D eigenvalue weighted by atomic mass is 10.1. The maximum Gasteiger partial charge on any atom is 0.255 e. The van der Waals surface area contributed by atoms with Gasteiger partial charge in [-0.15, -0.1) is 0 Å². The molecule has 1 fully saturated rings. The summed E-state index contributed by atoms with van der Waals surface area (Å²) >= 11 is 1.73. The van der Waals surface area contributed by atoms with Crippen molar-refractivity contribution in [2.45, 2.75) is 32.9 Å². The van der Waals surface area contributed by atoms with Crippen molar-refractivity contribution in [3.63, 3.8) is 0 Å². The van der Waals surface area contributed by atoms with Gasteiger partial charge in [-0.3, -0.25) is 14.4 Å². The molecule has 3 heterocycles. The summed E-state index contributed by atoms with van der Waals surface area (Å²) < 4.78 is 1.77. The fraction of sp³-hybridized carbons (Fsp3) is 0.500. The molecule has 2 aromatic heterocycles. The van der Waals surface area contributed by atoms with Crippen LogP contribution in [0, 0.1) is 13.8 Å². The molecule has 1 N–H and O–H groups in total. The summed E-state index contributed by atoms with van der Waals surface area (Å²) in [6.45, 7) is 6.75. The van der Waals surface area contributed by atoms with Crippen LogP contribution in [0.15, 0.2) is 16.8 Å². The molecule has 0 saturated carbocycles. The van der Waals surface area contributed by atoms with Crippen LogP contribution in [0.3, 0.4) is 0 Å². The van der Waals surface area contributed by atoms with Crippen LogP contribution in [0.2, 0.25) is 0 Å². The normalized spacial score (nSPS) is 18.8. The predicted octanol–water partition coefficient (Wildman–Crippen LogP) is 2.10. The highest BCUT2D eigenvalue weighted by Crippen LogP contribution is 2.17. The molecule has 0 radical (unpaired) electrons. The zero-order chi connectivity index (χ0) is 15.7. The predicted molar refractivity (Wildman–Crippen MR) is 88.1 cm³/mol. The van der Waals surface area contributed by atoms with E-state index < -0.39 is 0 Å². The number of carbonyl (C=O) groups excluding carboxylic acids is 1. The lowest BCUT2D eigenvalue weighted by Crippen LogP contribution is -2.37. The van der Waals surface area contributed by atoms with Gasteiger partial charge in [-0.25, -0.2) is 0 Å². The van der Waals surface area contributed by atoms with Crippen molar-refractivity contribution in [2.75, 3.05) is 13.1 Å². The summed E-state index contributed by atoms with van der Waals surface area (Å²) in [5, 5.41) is 11.8. The first-order chi connectivity index (χ1) is 10.5. The van der Waals surface area contributed by atoms with Crippen molar-refractivity contribution in [1.29, 1.82) is 0 Å². The molecular weight excluding hydrogens is 296 g/mol. The van der Waals surface area contributed by atoms with E-state index in [-0.39, 0.29) is 11.9 Å². The van der Waals surface area contributed by atoms with Gasteiger partial charge < -0.3 is 5.32 Å². The Morgan fingerprint density at radius 1 is 1.50 bits per heavy atom. The summed E-state index contributed by atoms with van der Waals surface area (Å²) in [5.41, 5.74) is 3.79. The van der Waals surface area contributed by atoms with Crippen molar-refractivity contribution in [3.8, 4) is 0 Å². The van der Waals surface area contributed by atoms with Crippen LogP contribution in [-0.4, -0.2) is 39.7 Å². The number of hydrogen-bond donors (Lipinski definition) is 1. The Labute approximate surface area is 134 Å². The molecule has 1 aliphatic rings. The minimum atomic E-state index is 0.00508. The number of hydrogen-bond acceptors (Lipinski definition) is 4. The Morgan fingerprint density at radius 2 is 2.32 bits per heavy atom. The smallest absolute Gasteiger partial charge is 0.255 e. The maximum absolute atomic E-state index is 12.5. The molecule has 0 bridgehead atoms. The van der Waals surface area contributed by atoms with Crippen LogP contribution in [0.1, 0.15) is 33.7 Å². The fourth-order valence-electron chi connectivity index (χ4n) is 3.09. The number of aryl methyl sites for hydroxylation is 2. The Balaban J connectivity index is 1.59. The Kier molecular flexibility index (Phi) is 4.31. The van der Waals surface area contributed by atoms with Crippen molar-refractivity contribution >= 4 is 17.2 Å². The van der Waals surface area contributed by atoms with Gasteiger partial charge in [0.05, 0.1) is 11.3 Å². The molecule has 1 amide bonds. The highest BCUT2D eigenvalue weighted by molar-refractivity contribution is 7.07. The first-order valence-corrected chi connectivity index (χ1v) is 8.53. The Bertz CT molecular complexity index is 662. The molecule has 0 aromatic carbocycles. The maximum atomic E-state index is 12.5. The Hall–Kier alpha value is -1.66. The monoisotopic (exact) mass is 318 g/mol. The second-order valence-corrected chi connectivity index (χ2v) is 6.78. The molecule has 22 heavy (non-hydrogen) atoms. The van der Waals surface area contributed by atoms with Gasteiger partial charge >= 0.3 is 0 Å². The SMILES string of the molecule is Cc1nn(C)c(C)c1C(=O)NC1CCN(Cc2ccsc2)C1. The molecule has 0 aliphatic carbocycles. The fourth-order valence-corrected chi connectivity index (χ4v) is 3.75. The van der Waals surface area contributed by atoms with Crippen molar-refractivity contribution in [2.24, 2.45) is 7.05 Å². The molecule has 2 aromatic rings. The lowest BCUT2D eigenvalue weighted by Gasteiger charge is -2.16. The third kappa shape index (κ3) is 3.08. The minimum Gasteiger partial charge on any atom is -0.348 e. The lowest BCUT2D eigenvalue weighted by molar-refractivity contribution is 0.0936. The standard InChI is InChI=1S/C16H22N4OS/c1-11-15(12(2)19(3)18-11)16(21)17-14-4-6-20(9-14)8-13-5-7-22-10-13/h5,7,10,14H,4,6,8-9H2,1-3H3,(H,17,21). The number of nitrogens with zero attached hydrogens (tertiary/aromatic N) is 3. The van der Waals surface area contributed by atoms with E-state index >= 15 is 0 Å². The second-order valence-electron chi connectivity index (χ2n) is 6.00. The van der Waals surface area contributed by atoms with Gasteiger partial charge in [0.15, 0.2) is 0 Å². The zero-order valence-corrected chi connectivity index (χ0v) is 14.1. The molecule has 118 valence electrons. The van der Waals surface area contributed by atoms with Crippen LogP contribution in [0.25, 0.3) is 0 Å². The highest BCUT2D eigenvalue weighted by atomic mass is 32.1. The van der Waals surface area contributed by atoms with Gasteiger partial charge in [-0.2, -0.15) is 16.4 Å². The van der Waals surface area contributed by atoms with Crippen LogP contribution in [0.4, 0.5) is 0 Å². The third-order valence-electron chi connectivity index (χ3n) is 4.33. The third-order valence-corrected chi connectivity index (χ3v) is 5.06. The van der Waals surface area contributed by atoms with E-state index in [1.165, 1.54) is 5.56 Å². The van der Waals surface area contributed by atoms with Crippen LogP contribution in [0.5, 0.6) is 0 Å². The van der Waals surface area contributed by atoms with Crippen molar-refractivity contribution in [1.82, 2.24) is 20.0 Å². The quantitative estimate of drug-likeness (QED) is 0.939. The number of thiophene rings is 1. The van der Waals surface area contributed by atoms with Crippen LogP contribution >= 0.6 is 11.3 Å². The number of likely N-dealkylation sites (tertiary alicyclic amines) is 1. The molecule has 1 saturated heterocycles. The number of amides is 1. The van der Waals surface area contributed by atoms with E-state index in [0.717, 1.165) is 43.0 Å². The zero-order valence-electron chi connectivity index (χ0n) is 13.3. The number of aromatic nitrogens is 2. The van der Waals surface area contributed by atoms with Crippen LogP contribution < -0.4 is 5.32 Å². The van der Waals surface area contributed by atoms with E-state index in [1.807, 2.05) is 20.9 Å². The summed E-state index contributed by atoms with van der Waals surface area (Å²) in [6.07, 6.45) is 1.01. The van der Waals surface area contributed by atoms with Gasteiger partial charge in [0.2, 0.25) is 0 Å². The van der Waals surface area contributed by atoms with Gasteiger partial charge in [-0.05, 0) is 42.7 Å². The first-order valence-electron chi connectivity index (χ1n) is 7.59. The second kappa shape index (κ2) is 6.22. The molecule has 1 unspecified atom stereocenters. The molecule has 0 spiro atoms. The van der Waals surface area contributed by atoms with Gasteiger partial charge in [0.25, 0.3) is 5.91 Å². The summed E-state index contributed by atoms with van der Waals surface area (Å²) in [6, 6.07) is 2.39. The van der Waals surface area contributed by atoms with Gasteiger partial charge in [0.1, 0.15) is 0 Å². The number of rotatable bonds is 4. The van der Waals surface area contributed by atoms with E-state index in [2.05, 4.69) is 32.1 Å². The van der Waals surface area contributed by atoms with Gasteiger partial charge in [-0.1, -0.05) is 0 Å². The average molecular weight is 318 g/mol. The molecule has 1 atom stereocenters. The molecule has 6 heteroatoms. The van der Waals surface area contributed by atoms with Crippen LogP contribution in [-0.2, 0) is 13.6 Å². The molecule has 5 nitrogen and oxygen atoms in total.